The first kappa shape index (κ1) is 21.4. The molecule has 0 aliphatic heterocycles. The molecular weight excluding hydrogens is 406 g/mol. The van der Waals surface area contributed by atoms with E-state index in [9.17, 15) is 9.59 Å². The van der Waals surface area contributed by atoms with Crippen LogP contribution in [-0.2, 0) is 6.42 Å². The molecule has 0 fully saturated rings. The predicted molar refractivity (Wildman–Crippen MR) is 115 cm³/mol. The van der Waals surface area contributed by atoms with Crippen LogP contribution in [0, 0.1) is 6.92 Å². The molecular formula is C22H22ClN3O4. The van der Waals surface area contributed by atoms with Crippen molar-refractivity contribution in [2.45, 2.75) is 19.4 Å². The Hall–Kier alpha value is -3.32. The fraction of sp³-hybridized carbons (Fsp3) is 0.227. The summed E-state index contributed by atoms with van der Waals surface area (Å²) in [6.07, 6.45) is 0.315. The Morgan fingerprint density at radius 3 is 2.33 bits per heavy atom. The number of halogens is 1. The fourth-order valence-electron chi connectivity index (χ4n) is 3.21. The van der Waals surface area contributed by atoms with Crippen LogP contribution in [0.15, 0.2) is 53.3 Å². The molecule has 1 aromatic heterocycles. The first-order chi connectivity index (χ1) is 14.4. The largest absolute Gasteiger partial charge is 0.496 e. The number of benzene rings is 2. The van der Waals surface area contributed by atoms with Gasteiger partial charge in [0.2, 0.25) is 0 Å². The SMILES string of the molecule is COc1cccc(OC)c1C(=O)N[C@H](Cc1cc(=O)[nH]c(C)n1)c1ccc(Cl)cc1. The van der Waals surface area contributed by atoms with Gasteiger partial charge in [-0.1, -0.05) is 29.8 Å². The van der Waals surface area contributed by atoms with Crippen molar-refractivity contribution in [1.29, 1.82) is 0 Å². The molecule has 0 spiro atoms. The van der Waals surface area contributed by atoms with E-state index >= 15 is 0 Å². The topological polar surface area (TPSA) is 93.3 Å². The number of aromatic amines is 1. The maximum Gasteiger partial charge on any atom is 0.259 e. The summed E-state index contributed by atoms with van der Waals surface area (Å²) in [7, 11) is 2.98. The second kappa shape index (κ2) is 9.45. The van der Waals surface area contributed by atoms with E-state index in [1.165, 1.54) is 20.3 Å². The van der Waals surface area contributed by atoms with Gasteiger partial charge in [-0.25, -0.2) is 4.98 Å². The first-order valence-corrected chi connectivity index (χ1v) is 9.63. The van der Waals surface area contributed by atoms with Crippen LogP contribution >= 0.6 is 11.6 Å². The summed E-state index contributed by atoms with van der Waals surface area (Å²) < 4.78 is 10.7. The summed E-state index contributed by atoms with van der Waals surface area (Å²) in [6.45, 7) is 1.71. The molecule has 1 amide bonds. The van der Waals surface area contributed by atoms with E-state index in [0.717, 1.165) is 5.56 Å². The van der Waals surface area contributed by atoms with Crippen LogP contribution in [0.3, 0.4) is 0 Å². The van der Waals surface area contributed by atoms with Crippen molar-refractivity contribution in [3.8, 4) is 11.5 Å². The van der Waals surface area contributed by atoms with Gasteiger partial charge in [0, 0.05) is 17.5 Å². The van der Waals surface area contributed by atoms with E-state index in [4.69, 9.17) is 21.1 Å². The number of nitrogens with one attached hydrogen (secondary N) is 2. The molecule has 0 aliphatic rings. The minimum atomic E-state index is -0.460. The van der Waals surface area contributed by atoms with Gasteiger partial charge in [0.1, 0.15) is 22.9 Å². The van der Waals surface area contributed by atoms with Crippen molar-refractivity contribution >= 4 is 17.5 Å². The standard InChI is InChI=1S/C22H22ClN3O4/c1-13-24-16(12-20(27)25-13)11-17(14-7-9-15(23)10-8-14)26-22(28)21-18(29-2)5-4-6-19(21)30-3/h4-10,12,17H,11H2,1-3H3,(H,26,28)(H,24,25,27)/t17-/m1/s1. The third-order valence-corrected chi connectivity index (χ3v) is 4.81. The smallest absolute Gasteiger partial charge is 0.259 e. The maximum absolute atomic E-state index is 13.2. The average molecular weight is 428 g/mol. The van der Waals surface area contributed by atoms with Gasteiger partial charge in [-0.15, -0.1) is 0 Å². The summed E-state index contributed by atoms with van der Waals surface area (Å²) in [4.78, 5) is 32.0. The van der Waals surface area contributed by atoms with Crippen LogP contribution in [0.1, 0.15) is 33.5 Å². The molecule has 30 heavy (non-hydrogen) atoms. The highest BCUT2D eigenvalue weighted by Crippen LogP contribution is 2.29. The Labute approximate surface area is 179 Å². The quantitative estimate of drug-likeness (QED) is 0.602. The summed E-state index contributed by atoms with van der Waals surface area (Å²) >= 11 is 6.02. The van der Waals surface area contributed by atoms with Crippen molar-refractivity contribution in [2.75, 3.05) is 14.2 Å². The number of ether oxygens (including phenoxy) is 2. The van der Waals surface area contributed by atoms with Crippen molar-refractivity contribution in [2.24, 2.45) is 0 Å². The molecule has 0 aliphatic carbocycles. The molecule has 2 N–H and O–H groups in total. The summed E-state index contributed by atoms with van der Waals surface area (Å²) in [6, 6.07) is 13.2. The summed E-state index contributed by atoms with van der Waals surface area (Å²) in [5.74, 6) is 0.926. The normalized spacial score (nSPS) is 11.6. The van der Waals surface area contributed by atoms with Crippen LogP contribution in [0.5, 0.6) is 11.5 Å². The highest BCUT2D eigenvalue weighted by molar-refractivity contribution is 6.30. The van der Waals surface area contributed by atoms with Gasteiger partial charge in [-0.3, -0.25) is 9.59 Å². The van der Waals surface area contributed by atoms with E-state index < -0.39 is 6.04 Å². The molecule has 1 atom stereocenters. The molecule has 1 heterocycles. The number of H-pyrrole nitrogens is 1. The zero-order chi connectivity index (χ0) is 21.7. The summed E-state index contributed by atoms with van der Waals surface area (Å²) in [5, 5.41) is 3.60. The van der Waals surface area contributed by atoms with Crippen LogP contribution in [0.2, 0.25) is 5.02 Å². The van der Waals surface area contributed by atoms with Crippen molar-refractivity contribution in [3.05, 3.63) is 86.6 Å². The zero-order valence-corrected chi connectivity index (χ0v) is 17.6. The second-order valence-electron chi connectivity index (χ2n) is 6.64. The molecule has 0 saturated heterocycles. The average Bonchev–Trinajstić information content (AvgIpc) is 2.72. The molecule has 0 radical (unpaired) electrons. The van der Waals surface area contributed by atoms with E-state index in [2.05, 4.69) is 15.3 Å². The van der Waals surface area contributed by atoms with E-state index in [-0.39, 0.29) is 17.0 Å². The Kier molecular flexibility index (Phi) is 6.74. The number of hydrogen-bond acceptors (Lipinski definition) is 5. The van der Waals surface area contributed by atoms with E-state index in [1.807, 2.05) is 12.1 Å². The number of methoxy groups -OCH3 is 2. The van der Waals surface area contributed by atoms with E-state index in [1.54, 1.807) is 37.3 Å². The molecule has 0 bridgehead atoms. The fourth-order valence-corrected chi connectivity index (χ4v) is 3.33. The zero-order valence-electron chi connectivity index (χ0n) is 16.9. The lowest BCUT2D eigenvalue weighted by molar-refractivity contribution is 0.0930. The minimum absolute atomic E-state index is 0.245. The Bertz CT molecular complexity index is 1070. The third kappa shape index (κ3) is 4.99. The van der Waals surface area contributed by atoms with Gasteiger partial charge in [0.05, 0.1) is 26.0 Å². The van der Waals surface area contributed by atoms with Gasteiger partial charge < -0.3 is 19.8 Å². The Balaban J connectivity index is 1.98. The summed E-state index contributed by atoms with van der Waals surface area (Å²) in [5.41, 5.74) is 1.42. The lowest BCUT2D eigenvalue weighted by Crippen LogP contribution is -2.31. The minimum Gasteiger partial charge on any atom is -0.496 e. The van der Waals surface area contributed by atoms with Gasteiger partial charge >= 0.3 is 0 Å². The highest BCUT2D eigenvalue weighted by Gasteiger charge is 2.23. The number of carbonyl (C=O) groups is 1. The van der Waals surface area contributed by atoms with Gasteiger partial charge in [-0.05, 0) is 36.8 Å². The van der Waals surface area contributed by atoms with Gasteiger partial charge in [-0.2, -0.15) is 0 Å². The van der Waals surface area contributed by atoms with Crippen LogP contribution in [0.25, 0.3) is 0 Å². The molecule has 3 aromatic rings. The Morgan fingerprint density at radius 1 is 1.13 bits per heavy atom. The first-order valence-electron chi connectivity index (χ1n) is 9.25. The number of hydrogen-bond donors (Lipinski definition) is 2. The van der Waals surface area contributed by atoms with Gasteiger partial charge in [0.25, 0.3) is 11.5 Å². The van der Waals surface area contributed by atoms with Crippen molar-refractivity contribution in [1.82, 2.24) is 15.3 Å². The predicted octanol–water partition coefficient (Wildman–Crippen LogP) is 3.46. The van der Waals surface area contributed by atoms with E-state index in [0.29, 0.717) is 34.5 Å². The maximum atomic E-state index is 13.2. The molecule has 0 saturated carbocycles. The second-order valence-corrected chi connectivity index (χ2v) is 7.08. The van der Waals surface area contributed by atoms with Crippen molar-refractivity contribution < 1.29 is 14.3 Å². The highest BCUT2D eigenvalue weighted by atomic mass is 35.5. The molecule has 3 rings (SSSR count). The number of carbonyl (C=O) groups excluding carboxylic acids is 1. The van der Waals surface area contributed by atoms with Gasteiger partial charge in [0.15, 0.2) is 0 Å². The number of nitrogens with zero attached hydrogens (tertiary/aromatic N) is 1. The van der Waals surface area contributed by atoms with Crippen LogP contribution in [-0.4, -0.2) is 30.1 Å². The number of aryl methyl sites for hydroxylation is 1. The lowest BCUT2D eigenvalue weighted by atomic mass is 10.0. The molecule has 156 valence electrons. The Morgan fingerprint density at radius 2 is 1.77 bits per heavy atom. The van der Waals surface area contributed by atoms with Crippen molar-refractivity contribution in [3.63, 3.8) is 0 Å². The van der Waals surface area contributed by atoms with Crippen LogP contribution < -0.4 is 20.3 Å². The molecule has 0 unspecified atom stereocenters. The molecule has 8 heteroatoms. The third-order valence-electron chi connectivity index (χ3n) is 4.56. The number of rotatable bonds is 7. The molecule has 2 aromatic carbocycles. The molecule has 7 nitrogen and oxygen atoms in total. The monoisotopic (exact) mass is 427 g/mol. The lowest BCUT2D eigenvalue weighted by Gasteiger charge is -2.21. The number of aromatic nitrogens is 2. The van der Waals surface area contributed by atoms with Crippen LogP contribution in [0.4, 0.5) is 0 Å². The number of amides is 1.